The highest BCUT2D eigenvalue weighted by molar-refractivity contribution is 9.11. The lowest BCUT2D eigenvalue weighted by molar-refractivity contribution is 1.55. The van der Waals surface area contributed by atoms with E-state index in [4.69, 9.17) is 5.73 Å². The van der Waals surface area contributed by atoms with Gasteiger partial charge in [-0.15, -0.1) is 11.3 Å². The van der Waals surface area contributed by atoms with Gasteiger partial charge in [-0.2, -0.15) is 0 Å². The highest BCUT2D eigenvalue weighted by Crippen LogP contribution is 2.29. The first kappa shape index (κ1) is 12.5. The van der Waals surface area contributed by atoms with E-state index >= 15 is 0 Å². The Morgan fingerprint density at radius 3 is 2.87 bits per heavy atom. The van der Waals surface area contributed by atoms with Crippen LogP contribution in [0.1, 0.15) is 4.88 Å². The van der Waals surface area contributed by atoms with Crippen LogP contribution >= 0.6 is 39.0 Å². The van der Waals surface area contributed by atoms with Gasteiger partial charge in [-0.05, 0) is 40.4 Å². The maximum absolute atomic E-state index is 5.68. The Morgan fingerprint density at radius 2 is 2.40 bits per heavy atom. The van der Waals surface area contributed by atoms with Crippen LogP contribution in [0.25, 0.3) is 5.70 Å². The van der Waals surface area contributed by atoms with Crippen LogP contribution in [-0.4, -0.2) is 11.4 Å². The molecule has 0 aliphatic rings. The molecule has 0 saturated carbocycles. The van der Waals surface area contributed by atoms with Gasteiger partial charge >= 0.3 is 0 Å². The van der Waals surface area contributed by atoms with Crippen molar-refractivity contribution in [2.75, 3.05) is 6.26 Å². The van der Waals surface area contributed by atoms with Crippen molar-refractivity contribution < 1.29 is 0 Å². The molecule has 0 unspecified atom stereocenters. The minimum atomic E-state index is 0.549. The number of aliphatic imine (C=N–C) groups is 1. The van der Waals surface area contributed by atoms with Crippen LogP contribution in [0.15, 0.2) is 39.6 Å². The predicted molar refractivity (Wildman–Crippen MR) is 75.3 cm³/mol. The standard InChI is InChI=1S/C10H11BrN2S2/c1-3-4-7(13-10(12)14-2)8-5-6-9(11)15-8/h3-6H,1H2,2H3,(H2,12,13)/b7-4-. The molecular weight excluding hydrogens is 292 g/mol. The molecule has 0 saturated heterocycles. The number of thioether (sulfide) groups is 1. The lowest BCUT2D eigenvalue weighted by atomic mass is 10.3. The van der Waals surface area contributed by atoms with Gasteiger partial charge in [0.05, 0.1) is 14.4 Å². The Balaban J connectivity index is 3.04. The number of nitrogens with two attached hydrogens (primary N) is 1. The smallest absolute Gasteiger partial charge is 0.158 e. The second-order valence-corrected chi connectivity index (χ2v) is 5.84. The van der Waals surface area contributed by atoms with E-state index in [9.17, 15) is 0 Å². The molecule has 0 aromatic carbocycles. The third-order valence-electron chi connectivity index (χ3n) is 1.54. The first-order chi connectivity index (χ1) is 7.17. The summed E-state index contributed by atoms with van der Waals surface area (Å²) in [6, 6.07) is 3.99. The quantitative estimate of drug-likeness (QED) is 0.525. The number of allylic oxidation sites excluding steroid dienone is 2. The number of halogens is 1. The molecule has 0 atom stereocenters. The molecule has 0 spiro atoms. The monoisotopic (exact) mass is 302 g/mol. The Hall–Kier alpha value is -0.520. The van der Waals surface area contributed by atoms with E-state index in [0.29, 0.717) is 5.17 Å². The molecule has 0 radical (unpaired) electrons. The van der Waals surface area contributed by atoms with Crippen molar-refractivity contribution in [3.8, 4) is 0 Å². The largest absolute Gasteiger partial charge is 0.378 e. The fraction of sp³-hybridized carbons (Fsp3) is 0.100. The number of nitrogens with zero attached hydrogens (tertiary/aromatic N) is 1. The molecule has 0 aliphatic carbocycles. The summed E-state index contributed by atoms with van der Waals surface area (Å²) >= 11 is 6.46. The molecule has 2 N–H and O–H groups in total. The summed E-state index contributed by atoms with van der Waals surface area (Å²) in [4.78, 5) is 5.37. The van der Waals surface area contributed by atoms with E-state index in [1.165, 1.54) is 11.8 Å². The van der Waals surface area contributed by atoms with Crippen LogP contribution in [0.2, 0.25) is 0 Å². The number of hydrogen-bond donors (Lipinski definition) is 1. The van der Waals surface area contributed by atoms with Crippen LogP contribution in [0.4, 0.5) is 0 Å². The van der Waals surface area contributed by atoms with Gasteiger partial charge in [-0.3, -0.25) is 0 Å². The Labute approximate surface area is 106 Å². The van der Waals surface area contributed by atoms with Gasteiger partial charge in [0, 0.05) is 0 Å². The molecule has 1 aromatic rings. The van der Waals surface area contributed by atoms with Crippen molar-refractivity contribution in [2.45, 2.75) is 0 Å². The number of rotatable bonds is 3. The molecule has 0 bridgehead atoms. The number of hydrogen-bond acceptors (Lipinski definition) is 3. The molecule has 80 valence electrons. The summed E-state index contributed by atoms with van der Waals surface area (Å²) < 4.78 is 1.07. The summed E-state index contributed by atoms with van der Waals surface area (Å²) in [5.41, 5.74) is 6.52. The number of thiophene rings is 1. The fourth-order valence-corrected chi connectivity index (χ4v) is 2.45. The van der Waals surface area contributed by atoms with Crippen LogP contribution in [-0.2, 0) is 0 Å². The van der Waals surface area contributed by atoms with Gasteiger partial charge in [0.15, 0.2) is 5.17 Å². The average Bonchev–Trinajstić information content (AvgIpc) is 2.64. The zero-order valence-corrected chi connectivity index (χ0v) is 11.5. The second kappa shape index (κ2) is 6.15. The van der Waals surface area contributed by atoms with Gasteiger partial charge in [-0.25, -0.2) is 4.99 Å². The first-order valence-corrected chi connectivity index (χ1v) is 6.97. The van der Waals surface area contributed by atoms with Crippen molar-refractivity contribution in [1.82, 2.24) is 0 Å². The molecule has 1 aromatic heterocycles. The SMILES string of the molecule is C=C/C=C(\N=C(N)SC)c1ccc(Br)s1. The molecule has 1 rings (SSSR count). The van der Waals surface area contributed by atoms with E-state index in [1.54, 1.807) is 17.4 Å². The van der Waals surface area contributed by atoms with Crippen molar-refractivity contribution >= 4 is 49.9 Å². The Morgan fingerprint density at radius 1 is 1.67 bits per heavy atom. The Bertz CT molecular complexity index is 407. The maximum Gasteiger partial charge on any atom is 0.158 e. The van der Waals surface area contributed by atoms with Crippen molar-refractivity contribution in [2.24, 2.45) is 10.7 Å². The molecule has 5 heteroatoms. The van der Waals surface area contributed by atoms with Crippen molar-refractivity contribution in [3.05, 3.63) is 39.5 Å². The van der Waals surface area contributed by atoms with E-state index in [1.807, 2.05) is 24.5 Å². The molecule has 0 fully saturated rings. The van der Waals surface area contributed by atoms with Gasteiger partial charge < -0.3 is 5.73 Å². The average molecular weight is 303 g/mol. The lowest BCUT2D eigenvalue weighted by Crippen LogP contribution is -2.05. The summed E-state index contributed by atoms with van der Waals surface area (Å²) in [5, 5.41) is 0.549. The van der Waals surface area contributed by atoms with Gasteiger partial charge in [0.25, 0.3) is 0 Å². The molecule has 0 amide bonds. The van der Waals surface area contributed by atoms with E-state index < -0.39 is 0 Å². The van der Waals surface area contributed by atoms with Crippen molar-refractivity contribution in [1.29, 1.82) is 0 Å². The molecule has 2 nitrogen and oxygen atoms in total. The normalized spacial score (nSPS) is 12.9. The summed E-state index contributed by atoms with van der Waals surface area (Å²) in [6.07, 6.45) is 5.45. The van der Waals surface area contributed by atoms with E-state index in [2.05, 4.69) is 27.5 Å². The van der Waals surface area contributed by atoms with Crippen LogP contribution in [0.3, 0.4) is 0 Å². The fourth-order valence-electron chi connectivity index (χ4n) is 0.902. The van der Waals surface area contributed by atoms with Gasteiger partial charge in [0.2, 0.25) is 0 Å². The third-order valence-corrected chi connectivity index (χ3v) is 3.70. The molecule has 15 heavy (non-hydrogen) atoms. The summed E-state index contributed by atoms with van der Waals surface area (Å²) in [7, 11) is 0. The zero-order valence-electron chi connectivity index (χ0n) is 8.24. The minimum absolute atomic E-state index is 0.549. The highest BCUT2D eigenvalue weighted by atomic mass is 79.9. The zero-order chi connectivity index (χ0) is 11.3. The molecule has 0 aliphatic heterocycles. The van der Waals surface area contributed by atoms with E-state index in [0.717, 1.165) is 14.4 Å². The maximum atomic E-state index is 5.68. The van der Waals surface area contributed by atoms with E-state index in [-0.39, 0.29) is 0 Å². The first-order valence-electron chi connectivity index (χ1n) is 4.14. The summed E-state index contributed by atoms with van der Waals surface area (Å²) in [6.45, 7) is 3.67. The predicted octanol–water partition coefficient (Wildman–Crippen LogP) is 3.72. The third kappa shape index (κ3) is 3.85. The van der Waals surface area contributed by atoms with Crippen LogP contribution in [0, 0.1) is 0 Å². The molecule has 1 heterocycles. The van der Waals surface area contributed by atoms with Crippen LogP contribution < -0.4 is 5.73 Å². The summed E-state index contributed by atoms with van der Waals surface area (Å²) in [5.74, 6) is 0. The highest BCUT2D eigenvalue weighted by Gasteiger charge is 2.03. The molecular formula is C10H11BrN2S2. The topological polar surface area (TPSA) is 38.4 Å². The van der Waals surface area contributed by atoms with Gasteiger partial charge in [0.1, 0.15) is 0 Å². The van der Waals surface area contributed by atoms with Crippen molar-refractivity contribution in [3.63, 3.8) is 0 Å². The second-order valence-electron chi connectivity index (χ2n) is 2.55. The Kier molecular flexibility index (Phi) is 5.14. The lowest BCUT2D eigenvalue weighted by Gasteiger charge is -1.98. The van der Waals surface area contributed by atoms with Gasteiger partial charge in [-0.1, -0.05) is 24.4 Å². The van der Waals surface area contributed by atoms with Crippen LogP contribution in [0.5, 0.6) is 0 Å². The number of amidine groups is 1. The minimum Gasteiger partial charge on any atom is -0.378 e.